The molecule has 0 saturated heterocycles. The molecule has 2 N–H and O–H groups in total. The summed E-state index contributed by atoms with van der Waals surface area (Å²) < 4.78 is 45.1. The van der Waals surface area contributed by atoms with Crippen molar-refractivity contribution in [1.82, 2.24) is 10.2 Å². The lowest BCUT2D eigenvalue weighted by Gasteiger charge is -2.11. The number of ether oxygens (including phenoxy) is 1. The largest absolute Gasteiger partial charge is 0.495 e. The molecule has 9 heteroatoms. The van der Waals surface area contributed by atoms with E-state index in [4.69, 9.17) is 4.74 Å². The predicted molar refractivity (Wildman–Crippen MR) is 97.3 cm³/mol. The van der Waals surface area contributed by atoms with Gasteiger partial charge in [0.15, 0.2) is 29.0 Å². The number of anilines is 3. The molecule has 0 aliphatic carbocycles. The van der Waals surface area contributed by atoms with E-state index in [1.54, 1.807) is 12.1 Å². The summed E-state index contributed by atoms with van der Waals surface area (Å²) in [6.07, 6.45) is 0. The third-order valence-corrected chi connectivity index (χ3v) is 3.80. The minimum atomic E-state index is -1.60. The average Bonchev–Trinajstić information content (AvgIpc) is 2.69. The van der Waals surface area contributed by atoms with E-state index in [0.29, 0.717) is 11.4 Å². The van der Waals surface area contributed by atoms with Gasteiger partial charge in [0.05, 0.1) is 18.5 Å². The maximum Gasteiger partial charge on any atom is 0.276 e. The number of nitrogens with zero attached hydrogens (tertiary/aromatic N) is 2. The Morgan fingerprint density at radius 1 is 0.964 bits per heavy atom. The van der Waals surface area contributed by atoms with Gasteiger partial charge in [0.25, 0.3) is 5.91 Å². The van der Waals surface area contributed by atoms with E-state index < -0.39 is 23.4 Å². The Balaban J connectivity index is 1.75. The molecule has 0 spiro atoms. The van der Waals surface area contributed by atoms with Crippen molar-refractivity contribution < 1.29 is 22.7 Å². The van der Waals surface area contributed by atoms with Gasteiger partial charge in [-0.05, 0) is 48.9 Å². The highest BCUT2D eigenvalue weighted by Gasteiger charge is 2.15. The number of hydrogen-bond donors (Lipinski definition) is 2. The maximum atomic E-state index is 13.7. The zero-order chi connectivity index (χ0) is 20.3. The molecule has 1 aromatic heterocycles. The van der Waals surface area contributed by atoms with E-state index in [1.807, 2.05) is 13.0 Å². The van der Waals surface area contributed by atoms with Crippen molar-refractivity contribution in [1.29, 1.82) is 0 Å². The maximum absolute atomic E-state index is 13.7. The normalized spacial score (nSPS) is 10.5. The van der Waals surface area contributed by atoms with Gasteiger partial charge in [-0.3, -0.25) is 4.79 Å². The average molecular weight is 388 g/mol. The molecule has 0 saturated carbocycles. The summed E-state index contributed by atoms with van der Waals surface area (Å²) in [4.78, 5) is 12.4. The van der Waals surface area contributed by atoms with E-state index in [9.17, 15) is 18.0 Å². The summed E-state index contributed by atoms with van der Waals surface area (Å²) in [6.45, 7) is 1.87. The molecule has 0 fully saturated rings. The van der Waals surface area contributed by atoms with Gasteiger partial charge < -0.3 is 15.4 Å². The van der Waals surface area contributed by atoms with Gasteiger partial charge in [0.1, 0.15) is 5.75 Å². The van der Waals surface area contributed by atoms with Crippen molar-refractivity contribution in [3.8, 4) is 5.75 Å². The lowest BCUT2D eigenvalue weighted by atomic mass is 10.2. The molecular formula is C19H15F3N4O2. The van der Waals surface area contributed by atoms with Crippen molar-refractivity contribution in [3.05, 3.63) is 71.2 Å². The lowest BCUT2D eigenvalue weighted by Crippen LogP contribution is -2.15. The molecule has 1 amide bonds. The SMILES string of the molecule is COc1ccc(C)cc1NC(=O)c1ccc(Nc2ccc(F)c(F)c2F)nn1. The minimum Gasteiger partial charge on any atom is -0.495 e. The second-order valence-electron chi connectivity index (χ2n) is 5.81. The molecule has 144 valence electrons. The van der Waals surface area contributed by atoms with Crippen molar-refractivity contribution in [2.45, 2.75) is 6.92 Å². The number of halogens is 3. The van der Waals surface area contributed by atoms with E-state index in [1.165, 1.54) is 19.2 Å². The van der Waals surface area contributed by atoms with Crippen LogP contribution in [0.3, 0.4) is 0 Å². The highest BCUT2D eigenvalue weighted by atomic mass is 19.2. The van der Waals surface area contributed by atoms with Crippen molar-refractivity contribution in [2.75, 3.05) is 17.7 Å². The van der Waals surface area contributed by atoms with Crippen LogP contribution in [0.4, 0.5) is 30.4 Å². The lowest BCUT2D eigenvalue weighted by molar-refractivity contribution is 0.102. The van der Waals surface area contributed by atoms with Crippen LogP contribution in [0.15, 0.2) is 42.5 Å². The van der Waals surface area contributed by atoms with Crippen LogP contribution in [0.5, 0.6) is 5.75 Å². The summed E-state index contributed by atoms with van der Waals surface area (Å²) in [5.74, 6) is -4.26. The van der Waals surface area contributed by atoms with Gasteiger partial charge in [0, 0.05) is 0 Å². The van der Waals surface area contributed by atoms with E-state index in [-0.39, 0.29) is 17.2 Å². The number of carbonyl (C=O) groups is 1. The molecule has 0 aliphatic heterocycles. The number of nitrogens with one attached hydrogen (secondary N) is 2. The highest BCUT2D eigenvalue weighted by Crippen LogP contribution is 2.26. The van der Waals surface area contributed by atoms with Crippen molar-refractivity contribution in [2.24, 2.45) is 0 Å². The molecule has 0 unspecified atom stereocenters. The molecule has 3 rings (SSSR count). The highest BCUT2D eigenvalue weighted by molar-refractivity contribution is 6.03. The fraction of sp³-hybridized carbons (Fsp3) is 0.105. The van der Waals surface area contributed by atoms with E-state index in [0.717, 1.165) is 17.7 Å². The summed E-state index contributed by atoms with van der Waals surface area (Å²) in [6, 6.07) is 9.82. The first kappa shape index (κ1) is 19.2. The zero-order valence-corrected chi connectivity index (χ0v) is 14.9. The summed E-state index contributed by atoms with van der Waals surface area (Å²) in [5.41, 5.74) is 1.09. The third kappa shape index (κ3) is 4.03. The molecule has 3 aromatic rings. The van der Waals surface area contributed by atoms with Crippen LogP contribution >= 0.6 is 0 Å². The van der Waals surface area contributed by atoms with E-state index in [2.05, 4.69) is 20.8 Å². The number of aromatic nitrogens is 2. The zero-order valence-electron chi connectivity index (χ0n) is 14.9. The Kier molecular flexibility index (Phi) is 5.44. The second-order valence-corrected chi connectivity index (χ2v) is 5.81. The first-order valence-corrected chi connectivity index (χ1v) is 8.09. The van der Waals surface area contributed by atoms with Gasteiger partial charge in [-0.2, -0.15) is 0 Å². The van der Waals surface area contributed by atoms with Gasteiger partial charge in [0.2, 0.25) is 0 Å². The fourth-order valence-electron chi connectivity index (χ4n) is 2.39. The molecule has 0 aliphatic rings. The number of methoxy groups -OCH3 is 1. The van der Waals surface area contributed by atoms with Gasteiger partial charge in [-0.15, -0.1) is 10.2 Å². The molecule has 28 heavy (non-hydrogen) atoms. The summed E-state index contributed by atoms with van der Waals surface area (Å²) in [7, 11) is 1.48. The Labute approximate surface area is 158 Å². The van der Waals surface area contributed by atoms with Gasteiger partial charge >= 0.3 is 0 Å². The number of hydrogen-bond acceptors (Lipinski definition) is 5. The van der Waals surface area contributed by atoms with Crippen LogP contribution in [0.1, 0.15) is 16.1 Å². The first-order chi connectivity index (χ1) is 13.4. The number of amides is 1. The van der Waals surface area contributed by atoms with Crippen LogP contribution in [0.25, 0.3) is 0 Å². The van der Waals surface area contributed by atoms with Crippen molar-refractivity contribution >= 4 is 23.1 Å². The predicted octanol–water partition coefficient (Wildman–Crippen LogP) is 4.21. The molecule has 0 radical (unpaired) electrons. The quantitative estimate of drug-likeness (QED) is 0.641. The van der Waals surface area contributed by atoms with Gasteiger partial charge in [-0.25, -0.2) is 13.2 Å². The summed E-state index contributed by atoms with van der Waals surface area (Å²) >= 11 is 0. The van der Waals surface area contributed by atoms with E-state index >= 15 is 0 Å². The fourth-order valence-corrected chi connectivity index (χ4v) is 2.39. The van der Waals surface area contributed by atoms with Crippen LogP contribution in [-0.2, 0) is 0 Å². The molecule has 0 bridgehead atoms. The smallest absolute Gasteiger partial charge is 0.276 e. The molecule has 0 atom stereocenters. The Morgan fingerprint density at radius 2 is 1.75 bits per heavy atom. The molecule has 2 aromatic carbocycles. The topological polar surface area (TPSA) is 76.1 Å². The van der Waals surface area contributed by atoms with Crippen LogP contribution in [-0.4, -0.2) is 23.2 Å². The third-order valence-electron chi connectivity index (χ3n) is 3.80. The number of rotatable bonds is 5. The Morgan fingerprint density at radius 3 is 2.43 bits per heavy atom. The number of benzene rings is 2. The number of aryl methyl sites for hydroxylation is 1. The summed E-state index contributed by atoms with van der Waals surface area (Å²) in [5, 5.41) is 12.7. The van der Waals surface area contributed by atoms with Crippen LogP contribution < -0.4 is 15.4 Å². The number of carbonyl (C=O) groups excluding carboxylic acids is 1. The van der Waals surface area contributed by atoms with Crippen LogP contribution in [0, 0.1) is 24.4 Å². The Bertz CT molecular complexity index is 1030. The minimum absolute atomic E-state index is 0.000122. The molecule has 6 nitrogen and oxygen atoms in total. The molecular weight excluding hydrogens is 373 g/mol. The van der Waals surface area contributed by atoms with Crippen molar-refractivity contribution in [3.63, 3.8) is 0 Å². The molecule has 1 heterocycles. The standard InChI is InChI=1S/C19H15F3N4O2/c1-10-3-7-15(28-2)14(9-10)24-19(27)13-6-8-16(26-25-13)23-12-5-4-11(20)17(21)18(12)22/h3-9H,1-2H3,(H,23,26)(H,24,27). The van der Waals surface area contributed by atoms with Crippen LogP contribution in [0.2, 0.25) is 0 Å². The first-order valence-electron chi connectivity index (χ1n) is 8.09. The Hall–Kier alpha value is -3.62. The second kappa shape index (κ2) is 7.95. The monoisotopic (exact) mass is 388 g/mol. The van der Waals surface area contributed by atoms with Gasteiger partial charge in [-0.1, -0.05) is 6.07 Å².